The molecular weight excluding hydrogens is 883 g/mol. The number of rotatable bonds is 49. The van der Waals surface area contributed by atoms with Crippen molar-refractivity contribution in [3.05, 3.63) is 48.6 Å². The number of allylic oxidation sites excluding steroid dienone is 7. The van der Waals surface area contributed by atoms with E-state index in [1.807, 2.05) is 6.08 Å². The fraction of sp³-hybridized carbons (Fsp3) is 0.831. The Hall–Kier alpha value is -2.38. The molecule has 0 spiro atoms. The van der Waals surface area contributed by atoms with Crippen LogP contribution < -0.4 is 5.32 Å². The molecule has 1 saturated heterocycles. The van der Waals surface area contributed by atoms with Crippen molar-refractivity contribution in [1.82, 2.24) is 5.32 Å². The van der Waals surface area contributed by atoms with Crippen LogP contribution in [0.5, 0.6) is 0 Å². The standard InChI is InChI=1S/C59H107NO10/c1-3-5-7-9-11-13-14-15-16-17-18-21-24-27-31-35-39-43-47-55(64)68-48-44-40-36-32-28-25-22-19-20-23-26-30-34-38-42-46-54(63)60-51(52(62)45-41-37-33-29-12-10-8-6-4-2)50-69-59-58(67)57(66)56(65)53(49-61)70-59/h13-14,16-17,22,25,41,45,51-53,56-59,61-62,65-67H,3-12,15,18-21,23-24,26-40,42-44,46-50H2,1-2H3,(H,60,63)/b14-13-,17-16-,25-22-,45-41+. The van der Waals surface area contributed by atoms with Crippen molar-refractivity contribution in [2.45, 2.75) is 294 Å². The lowest BCUT2D eigenvalue weighted by molar-refractivity contribution is -0.302. The second kappa shape index (κ2) is 48.9. The van der Waals surface area contributed by atoms with Gasteiger partial charge in [0, 0.05) is 12.8 Å². The highest BCUT2D eigenvalue weighted by Gasteiger charge is 2.44. The van der Waals surface area contributed by atoms with Crippen molar-refractivity contribution >= 4 is 11.9 Å². The molecule has 11 heteroatoms. The maximum Gasteiger partial charge on any atom is 0.305 e. The van der Waals surface area contributed by atoms with Crippen LogP contribution in [0, 0.1) is 0 Å². The number of aliphatic hydroxyl groups excluding tert-OH is 5. The van der Waals surface area contributed by atoms with Gasteiger partial charge in [0.1, 0.15) is 24.4 Å². The number of nitrogens with one attached hydrogen (secondary N) is 1. The maximum atomic E-state index is 13.0. The molecule has 0 aromatic carbocycles. The Balaban J connectivity index is 2.06. The molecule has 1 heterocycles. The number of aliphatic hydroxyl groups is 5. The van der Waals surface area contributed by atoms with Gasteiger partial charge in [-0.3, -0.25) is 9.59 Å². The zero-order chi connectivity index (χ0) is 51.0. The monoisotopic (exact) mass is 990 g/mol. The summed E-state index contributed by atoms with van der Waals surface area (Å²) in [7, 11) is 0. The Labute approximate surface area is 427 Å². The highest BCUT2D eigenvalue weighted by Crippen LogP contribution is 2.23. The van der Waals surface area contributed by atoms with Crippen LogP contribution in [0.4, 0.5) is 0 Å². The van der Waals surface area contributed by atoms with Gasteiger partial charge in [-0.15, -0.1) is 0 Å². The molecule has 0 aromatic heterocycles. The first kappa shape index (κ1) is 65.6. The molecule has 0 radical (unpaired) electrons. The van der Waals surface area contributed by atoms with E-state index in [-0.39, 0.29) is 18.5 Å². The van der Waals surface area contributed by atoms with E-state index in [0.29, 0.717) is 19.4 Å². The van der Waals surface area contributed by atoms with E-state index in [0.717, 1.165) is 96.3 Å². The molecule has 0 aliphatic carbocycles. The summed E-state index contributed by atoms with van der Waals surface area (Å²) in [6.07, 6.45) is 50.6. The number of amides is 1. The summed E-state index contributed by atoms with van der Waals surface area (Å²) in [5.41, 5.74) is 0. The number of hydrogen-bond donors (Lipinski definition) is 6. The molecule has 6 N–H and O–H groups in total. The van der Waals surface area contributed by atoms with E-state index in [2.05, 4.69) is 55.6 Å². The first-order valence-corrected chi connectivity index (χ1v) is 28.9. The fourth-order valence-corrected chi connectivity index (χ4v) is 8.75. The molecule has 7 unspecified atom stereocenters. The molecule has 11 nitrogen and oxygen atoms in total. The van der Waals surface area contributed by atoms with E-state index >= 15 is 0 Å². The third-order valence-corrected chi connectivity index (χ3v) is 13.4. The van der Waals surface area contributed by atoms with Crippen LogP contribution in [0.3, 0.4) is 0 Å². The van der Waals surface area contributed by atoms with E-state index in [9.17, 15) is 35.1 Å². The molecule has 0 saturated carbocycles. The molecule has 1 fully saturated rings. The molecule has 70 heavy (non-hydrogen) atoms. The van der Waals surface area contributed by atoms with Crippen molar-refractivity contribution in [2.75, 3.05) is 19.8 Å². The van der Waals surface area contributed by atoms with Gasteiger partial charge in [0.25, 0.3) is 0 Å². The molecule has 0 bridgehead atoms. The lowest BCUT2D eigenvalue weighted by atomic mass is 9.99. The number of esters is 1. The first-order valence-electron chi connectivity index (χ1n) is 28.9. The van der Waals surface area contributed by atoms with Crippen molar-refractivity contribution in [1.29, 1.82) is 0 Å². The van der Waals surface area contributed by atoms with Gasteiger partial charge in [0.15, 0.2) is 6.29 Å². The molecule has 1 aliphatic rings. The largest absolute Gasteiger partial charge is 0.466 e. The van der Waals surface area contributed by atoms with Crippen molar-refractivity contribution in [3.63, 3.8) is 0 Å². The minimum Gasteiger partial charge on any atom is -0.466 e. The van der Waals surface area contributed by atoms with Gasteiger partial charge in [-0.05, 0) is 89.9 Å². The Morgan fingerprint density at radius 2 is 0.957 bits per heavy atom. The van der Waals surface area contributed by atoms with Gasteiger partial charge in [0.2, 0.25) is 5.91 Å². The van der Waals surface area contributed by atoms with E-state index in [4.69, 9.17) is 14.2 Å². The molecule has 408 valence electrons. The molecule has 0 aromatic rings. The number of ether oxygens (including phenoxy) is 3. The lowest BCUT2D eigenvalue weighted by Crippen LogP contribution is -2.60. The molecule has 1 aliphatic heterocycles. The lowest BCUT2D eigenvalue weighted by Gasteiger charge is -2.40. The van der Waals surface area contributed by atoms with Crippen LogP contribution in [0.15, 0.2) is 48.6 Å². The fourth-order valence-electron chi connectivity index (χ4n) is 8.75. The highest BCUT2D eigenvalue weighted by molar-refractivity contribution is 5.76. The number of hydrogen-bond acceptors (Lipinski definition) is 10. The SMILES string of the molecule is CCCCCC/C=C\C/C=C\CCCCCCCCCC(=O)OCCCCCC/C=C\CCCCCCCCCC(=O)NC(COC1OC(CO)C(O)C(O)C1O)C(O)/C=C/CCCCCCCCC. The highest BCUT2D eigenvalue weighted by atomic mass is 16.7. The van der Waals surface area contributed by atoms with Gasteiger partial charge in [-0.25, -0.2) is 0 Å². The Morgan fingerprint density at radius 1 is 0.529 bits per heavy atom. The molecule has 7 atom stereocenters. The molecule has 1 rings (SSSR count). The van der Waals surface area contributed by atoms with Gasteiger partial charge < -0.3 is 45.1 Å². The van der Waals surface area contributed by atoms with Crippen molar-refractivity contribution < 1.29 is 49.3 Å². The Morgan fingerprint density at radius 3 is 1.47 bits per heavy atom. The van der Waals surface area contributed by atoms with Gasteiger partial charge in [-0.2, -0.15) is 0 Å². The predicted molar refractivity (Wildman–Crippen MR) is 287 cm³/mol. The van der Waals surface area contributed by atoms with Crippen LogP contribution in [0.2, 0.25) is 0 Å². The minimum atomic E-state index is -1.58. The van der Waals surface area contributed by atoms with Crippen LogP contribution in [-0.4, -0.2) is 100 Å². The van der Waals surface area contributed by atoms with Gasteiger partial charge in [0.05, 0.1) is 32.0 Å². The summed E-state index contributed by atoms with van der Waals surface area (Å²) in [6, 6.07) is -0.821. The van der Waals surface area contributed by atoms with Crippen LogP contribution >= 0.6 is 0 Å². The topological polar surface area (TPSA) is 175 Å². The summed E-state index contributed by atoms with van der Waals surface area (Å²) in [5.74, 6) is -0.238. The Kier molecular flexibility index (Phi) is 45.8. The van der Waals surface area contributed by atoms with Crippen LogP contribution in [0.1, 0.15) is 251 Å². The Bertz CT molecular complexity index is 1300. The van der Waals surface area contributed by atoms with Crippen LogP contribution in [-0.2, 0) is 23.8 Å². The third kappa shape index (κ3) is 38.3. The minimum absolute atomic E-state index is 0.0375. The summed E-state index contributed by atoms with van der Waals surface area (Å²) in [6.45, 7) is 4.24. The normalized spacial score (nSPS) is 19.6. The average Bonchev–Trinajstić information content (AvgIpc) is 3.36. The maximum absolute atomic E-state index is 13.0. The van der Waals surface area contributed by atoms with E-state index in [1.165, 1.54) is 128 Å². The second-order valence-corrected chi connectivity index (χ2v) is 20.0. The first-order chi connectivity index (χ1) is 34.2. The second-order valence-electron chi connectivity index (χ2n) is 20.0. The van der Waals surface area contributed by atoms with Gasteiger partial charge in [-0.1, -0.05) is 197 Å². The van der Waals surface area contributed by atoms with Crippen molar-refractivity contribution in [3.8, 4) is 0 Å². The quantitative estimate of drug-likeness (QED) is 0.0196. The predicted octanol–water partition coefficient (Wildman–Crippen LogP) is 12.9. The summed E-state index contributed by atoms with van der Waals surface area (Å²) < 4.78 is 16.7. The van der Waals surface area contributed by atoms with E-state index < -0.39 is 49.5 Å². The average molecular weight is 991 g/mol. The zero-order valence-corrected chi connectivity index (χ0v) is 44.7. The number of unbranched alkanes of at least 4 members (excludes halogenated alkanes) is 29. The zero-order valence-electron chi connectivity index (χ0n) is 44.7. The number of carbonyl (C=O) groups is 2. The van der Waals surface area contributed by atoms with Crippen LogP contribution in [0.25, 0.3) is 0 Å². The smallest absolute Gasteiger partial charge is 0.305 e. The summed E-state index contributed by atoms with van der Waals surface area (Å²) >= 11 is 0. The molecular formula is C59H107NO10. The van der Waals surface area contributed by atoms with Gasteiger partial charge >= 0.3 is 5.97 Å². The summed E-state index contributed by atoms with van der Waals surface area (Å²) in [5, 5.41) is 54.1. The van der Waals surface area contributed by atoms with E-state index in [1.54, 1.807) is 6.08 Å². The number of carbonyl (C=O) groups excluding carboxylic acids is 2. The summed E-state index contributed by atoms with van der Waals surface area (Å²) in [4.78, 5) is 25.1. The third-order valence-electron chi connectivity index (χ3n) is 13.4. The van der Waals surface area contributed by atoms with Crippen molar-refractivity contribution in [2.24, 2.45) is 0 Å². The molecule has 1 amide bonds.